The lowest BCUT2D eigenvalue weighted by Gasteiger charge is -2.03. The van der Waals surface area contributed by atoms with Crippen molar-refractivity contribution in [1.29, 1.82) is 0 Å². The van der Waals surface area contributed by atoms with Crippen LogP contribution in [0.15, 0.2) is 34.9 Å². The predicted molar refractivity (Wildman–Crippen MR) is 77.4 cm³/mol. The minimum atomic E-state index is -0.274. The summed E-state index contributed by atoms with van der Waals surface area (Å²) in [4.78, 5) is 11.8. The van der Waals surface area contributed by atoms with Gasteiger partial charge in [0.15, 0.2) is 5.69 Å². The van der Waals surface area contributed by atoms with Gasteiger partial charge in [0.2, 0.25) is 0 Å². The summed E-state index contributed by atoms with van der Waals surface area (Å²) in [5, 5.41) is 15.1. The summed E-state index contributed by atoms with van der Waals surface area (Å²) in [6, 6.07) is 9.16. The number of carbonyl (C=O) groups is 1. The Labute approximate surface area is 123 Å². The van der Waals surface area contributed by atoms with E-state index in [0.717, 1.165) is 11.1 Å². The molecule has 0 radical (unpaired) electrons. The molecule has 1 heterocycles. The molecule has 0 aliphatic carbocycles. The number of amides is 1. The van der Waals surface area contributed by atoms with Gasteiger partial charge in [0.1, 0.15) is 5.76 Å². The van der Waals surface area contributed by atoms with Gasteiger partial charge < -0.3 is 14.9 Å². The second-order valence-corrected chi connectivity index (χ2v) is 4.48. The number of aryl methyl sites for hydroxylation is 1. The van der Waals surface area contributed by atoms with E-state index < -0.39 is 0 Å². The summed E-state index contributed by atoms with van der Waals surface area (Å²) < 4.78 is 4.86. The molecule has 0 fully saturated rings. The van der Waals surface area contributed by atoms with Gasteiger partial charge in [0, 0.05) is 24.6 Å². The van der Waals surface area contributed by atoms with E-state index >= 15 is 0 Å². The summed E-state index contributed by atoms with van der Waals surface area (Å²) in [5.74, 6) is 6.14. The molecule has 1 aromatic heterocycles. The third-order valence-electron chi connectivity index (χ3n) is 2.71. The molecule has 0 spiro atoms. The second kappa shape index (κ2) is 7.27. The first-order valence-corrected chi connectivity index (χ1v) is 6.59. The Hall–Kier alpha value is -2.58. The number of aliphatic hydroxyl groups excluding tert-OH is 1. The fourth-order valence-corrected chi connectivity index (χ4v) is 1.73. The Morgan fingerprint density at radius 3 is 3.00 bits per heavy atom. The normalized spacial score (nSPS) is 9.81. The number of carbonyl (C=O) groups excluding carboxylic acids is 1. The fraction of sp³-hybridized carbons (Fsp3) is 0.250. The van der Waals surface area contributed by atoms with E-state index in [2.05, 4.69) is 22.3 Å². The van der Waals surface area contributed by atoms with Crippen LogP contribution < -0.4 is 5.32 Å². The number of benzene rings is 1. The van der Waals surface area contributed by atoms with Gasteiger partial charge in [-0.1, -0.05) is 29.1 Å². The Bertz CT molecular complexity index is 680. The number of rotatable bonds is 4. The third-order valence-corrected chi connectivity index (χ3v) is 2.71. The number of aliphatic hydroxyl groups is 1. The second-order valence-electron chi connectivity index (χ2n) is 4.48. The van der Waals surface area contributed by atoms with Crippen LogP contribution in [0.3, 0.4) is 0 Å². The van der Waals surface area contributed by atoms with E-state index in [0.29, 0.717) is 18.7 Å². The van der Waals surface area contributed by atoms with Gasteiger partial charge >= 0.3 is 0 Å². The Morgan fingerprint density at radius 1 is 1.43 bits per heavy atom. The Balaban J connectivity index is 1.96. The summed E-state index contributed by atoms with van der Waals surface area (Å²) in [6.45, 7) is 2.18. The summed E-state index contributed by atoms with van der Waals surface area (Å²) in [7, 11) is 0. The summed E-state index contributed by atoms with van der Waals surface area (Å²) in [6.07, 6.45) is 0.451. The van der Waals surface area contributed by atoms with E-state index in [-0.39, 0.29) is 18.2 Å². The predicted octanol–water partition coefficient (Wildman–Crippen LogP) is 1.65. The van der Waals surface area contributed by atoms with Gasteiger partial charge in [0.05, 0.1) is 6.61 Å². The van der Waals surface area contributed by atoms with Gasteiger partial charge in [-0.25, -0.2) is 0 Å². The molecule has 0 aliphatic rings. The number of nitrogens with one attached hydrogen (secondary N) is 1. The maximum absolute atomic E-state index is 11.8. The van der Waals surface area contributed by atoms with Gasteiger partial charge in [-0.15, -0.1) is 0 Å². The van der Waals surface area contributed by atoms with Crippen molar-refractivity contribution in [3.8, 4) is 11.8 Å². The first kappa shape index (κ1) is 14.8. The summed E-state index contributed by atoms with van der Waals surface area (Å²) >= 11 is 0. The number of nitrogens with zero attached hydrogens (tertiary/aromatic N) is 1. The van der Waals surface area contributed by atoms with Gasteiger partial charge in [-0.2, -0.15) is 0 Å². The average Bonchev–Trinajstić information content (AvgIpc) is 2.92. The van der Waals surface area contributed by atoms with Crippen molar-refractivity contribution >= 4 is 5.91 Å². The molecular weight excluding hydrogens is 268 g/mol. The molecule has 5 nitrogen and oxygen atoms in total. The summed E-state index contributed by atoms with van der Waals surface area (Å²) in [5.41, 5.74) is 2.07. The quantitative estimate of drug-likeness (QED) is 0.837. The zero-order valence-electron chi connectivity index (χ0n) is 11.7. The molecule has 108 valence electrons. The molecular formula is C16H16N2O3. The molecule has 1 aromatic carbocycles. The van der Waals surface area contributed by atoms with Crippen LogP contribution in [0.2, 0.25) is 0 Å². The van der Waals surface area contributed by atoms with Gasteiger partial charge in [-0.05, 0) is 24.6 Å². The largest absolute Gasteiger partial charge is 0.395 e. The maximum Gasteiger partial charge on any atom is 0.273 e. The van der Waals surface area contributed by atoms with Crippen molar-refractivity contribution in [2.24, 2.45) is 0 Å². The van der Waals surface area contributed by atoms with Crippen molar-refractivity contribution in [3.05, 3.63) is 52.9 Å². The first-order valence-electron chi connectivity index (χ1n) is 6.59. The van der Waals surface area contributed by atoms with Crippen LogP contribution in [0.4, 0.5) is 0 Å². The topological polar surface area (TPSA) is 75.4 Å². The zero-order chi connectivity index (χ0) is 15.1. The number of aromatic nitrogens is 1. The van der Waals surface area contributed by atoms with E-state index in [1.807, 2.05) is 24.3 Å². The molecule has 0 bridgehead atoms. The van der Waals surface area contributed by atoms with E-state index in [1.54, 1.807) is 13.0 Å². The number of hydrogen-bond donors (Lipinski definition) is 2. The third kappa shape index (κ3) is 4.48. The Kier molecular flexibility index (Phi) is 5.13. The average molecular weight is 284 g/mol. The lowest BCUT2D eigenvalue weighted by molar-refractivity contribution is 0.0942. The Morgan fingerprint density at radius 2 is 2.29 bits per heavy atom. The first-order chi connectivity index (χ1) is 10.2. The van der Waals surface area contributed by atoms with Crippen molar-refractivity contribution in [3.63, 3.8) is 0 Å². The molecule has 0 unspecified atom stereocenters. The van der Waals surface area contributed by atoms with Crippen LogP contribution in [-0.2, 0) is 6.54 Å². The van der Waals surface area contributed by atoms with Crippen LogP contribution >= 0.6 is 0 Å². The van der Waals surface area contributed by atoms with Crippen molar-refractivity contribution in [1.82, 2.24) is 10.5 Å². The highest BCUT2D eigenvalue weighted by Crippen LogP contribution is 2.05. The SMILES string of the molecule is Cc1cc(C(=O)NCc2cccc(C#CCCO)c2)no1. The molecule has 0 atom stereocenters. The lowest BCUT2D eigenvalue weighted by atomic mass is 10.1. The molecule has 5 heteroatoms. The highest BCUT2D eigenvalue weighted by atomic mass is 16.5. The molecule has 2 rings (SSSR count). The van der Waals surface area contributed by atoms with Crippen LogP contribution in [0.5, 0.6) is 0 Å². The van der Waals surface area contributed by atoms with Crippen LogP contribution in [-0.4, -0.2) is 22.8 Å². The molecule has 0 saturated heterocycles. The van der Waals surface area contributed by atoms with E-state index in [4.69, 9.17) is 9.63 Å². The van der Waals surface area contributed by atoms with Crippen LogP contribution in [0.25, 0.3) is 0 Å². The van der Waals surface area contributed by atoms with Crippen molar-refractivity contribution in [2.45, 2.75) is 19.9 Å². The van der Waals surface area contributed by atoms with Crippen molar-refractivity contribution in [2.75, 3.05) is 6.61 Å². The molecule has 2 N–H and O–H groups in total. The van der Waals surface area contributed by atoms with Crippen LogP contribution in [0.1, 0.15) is 33.8 Å². The van der Waals surface area contributed by atoms with E-state index in [1.165, 1.54) is 0 Å². The van der Waals surface area contributed by atoms with Gasteiger partial charge in [-0.3, -0.25) is 4.79 Å². The number of hydrogen-bond acceptors (Lipinski definition) is 4. The molecule has 21 heavy (non-hydrogen) atoms. The van der Waals surface area contributed by atoms with Crippen molar-refractivity contribution < 1.29 is 14.4 Å². The minimum absolute atomic E-state index is 0.0554. The minimum Gasteiger partial charge on any atom is -0.395 e. The zero-order valence-corrected chi connectivity index (χ0v) is 11.7. The monoisotopic (exact) mass is 284 g/mol. The van der Waals surface area contributed by atoms with Gasteiger partial charge in [0.25, 0.3) is 5.91 Å². The molecule has 0 aliphatic heterocycles. The van der Waals surface area contributed by atoms with E-state index in [9.17, 15) is 4.79 Å². The standard InChI is InChI=1S/C16H16N2O3/c1-12-9-15(18-21-12)16(20)17-11-14-7-4-6-13(10-14)5-2-3-8-19/h4,6-7,9-10,19H,3,8,11H2,1H3,(H,17,20). The molecule has 0 saturated carbocycles. The molecule has 1 amide bonds. The lowest BCUT2D eigenvalue weighted by Crippen LogP contribution is -2.23. The molecule has 2 aromatic rings. The highest BCUT2D eigenvalue weighted by Gasteiger charge is 2.10. The smallest absolute Gasteiger partial charge is 0.273 e. The van der Waals surface area contributed by atoms with Crippen LogP contribution in [0, 0.1) is 18.8 Å². The maximum atomic E-state index is 11.8. The highest BCUT2D eigenvalue weighted by molar-refractivity contribution is 5.92. The fourth-order valence-electron chi connectivity index (χ4n) is 1.73.